The van der Waals surface area contributed by atoms with E-state index in [-0.39, 0.29) is 49.1 Å². The average molecular weight is 1080 g/mol. The molecule has 2 aliphatic heterocycles. The van der Waals surface area contributed by atoms with E-state index in [1.165, 1.54) is 44.5 Å². The highest BCUT2D eigenvalue weighted by molar-refractivity contribution is 6.01. The molecule has 4 aromatic carbocycles. The Balaban J connectivity index is 1.58. The molecular weight excluding hydrogens is 985 g/mol. The Morgan fingerprint density at radius 2 is 0.506 bits per heavy atom. The minimum Gasteiger partial charge on any atom is -0.506 e. The maximum atomic E-state index is 12.9. The molecule has 0 saturated carbocycles. The molecule has 0 atom stereocenters. The first kappa shape index (κ1) is 58.9. The van der Waals surface area contributed by atoms with Gasteiger partial charge in [0.15, 0.2) is 0 Å². The lowest BCUT2D eigenvalue weighted by Crippen LogP contribution is -2.16. The van der Waals surface area contributed by atoms with Gasteiger partial charge in [-0.3, -0.25) is 0 Å². The van der Waals surface area contributed by atoms with Crippen LogP contribution in [0.2, 0.25) is 0 Å². The van der Waals surface area contributed by atoms with Gasteiger partial charge in [0.05, 0.1) is 17.1 Å². The van der Waals surface area contributed by atoms with E-state index < -0.39 is 0 Å². The van der Waals surface area contributed by atoms with E-state index >= 15 is 0 Å². The monoisotopic (exact) mass is 1080 g/mol. The van der Waals surface area contributed by atoms with Crippen molar-refractivity contribution in [1.82, 2.24) is 19.9 Å². The van der Waals surface area contributed by atoms with Gasteiger partial charge < -0.3 is 15.1 Å². The molecule has 424 valence electrons. The van der Waals surface area contributed by atoms with Crippen LogP contribution in [0.25, 0.3) is 90.6 Å². The summed E-state index contributed by atoms with van der Waals surface area (Å²) in [6.07, 6.45) is 6.34. The lowest BCUT2D eigenvalue weighted by atomic mass is 9.78. The maximum Gasteiger partial charge on any atom is 0.144 e. The van der Waals surface area contributed by atoms with Crippen LogP contribution in [0.4, 0.5) is 0 Å². The standard InChI is InChI=1S/C76H94N4O/c1-69(2,3)48-31-44(32-49(39-48)70(4,5)6)64-56-25-26-57(77-56)65(45-33-50(71(7,8)9)40-51(34-45)72(10,11)12)59-29-30-61(79-59)67(47-37-54(75(19,20)21)42-55(38-47)76(22,23)24)68-63(81)43-62(80-68)66(60-28-27-58(64)78-60)46-35-52(73(13,14)15)41-53(36-46)74(16,17)18/h25-43,78-79,81H,1-24H3. The molecule has 0 radical (unpaired) electrons. The second kappa shape index (κ2) is 19.7. The van der Waals surface area contributed by atoms with E-state index in [9.17, 15) is 5.11 Å². The van der Waals surface area contributed by atoms with Crippen molar-refractivity contribution in [2.45, 2.75) is 209 Å². The number of nitrogens with zero attached hydrogens (tertiary/aromatic N) is 2. The number of aliphatic hydroxyl groups is 1. The van der Waals surface area contributed by atoms with E-state index in [1.807, 2.05) is 6.08 Å². The molecular formula is C76H94N4O. The number of aromatic nitrogens is 4. The van der Waals surface area contributed by atoms with Crippen LogP contribution in [-0.4, -0.2) is 25.0 Å². The van der Waals surface area contributed by atoms with Crippen molar-refractivity contribution in [2.24, 2.45) is 0 Å². The molecule has 3 N–H and O–H groups in total. The summed E-state index contributed by atoms with van der Waals surface area (Å²) in [6.45, 7) is 55.1. The lowest BCUT2D eigenvalue weighted by molar-refractivity contribution is 0.515. The summed E-state index contributed by atoms with van der Waals surface area (Å²) in [6, 6.07) is 37.2. The molecule has 5 heteroatoms. The van der Waals surface area contributed by atoms with E-state index in [1.54, 1.807) is 0 Å². The topological polar surface area (TPSA) is 77.6 Å². The second-order valence-electron chi connectivity index (χ2n) is 31.9. The van der Waals surface area contributed by atoms with Crippen molar-refractivity contribution in [3.8, 4) is 44.5 Å². The van der Waals surface area contributed by atoms with Gasteiger partial charge in [-0.25, -0.2) is 9.97 Å². The molecule has 3 aromatic heterocycles. The largest absolute Gasteiger partial charge is 0.506 e. The molecule has 0 amide bonds. The fraction of sp³-hybridized carbons (Fsp3) is 0.421. The Labute approximate surface area is 487 Å². The zero-order valence-electron chi connectivity index (χ0n) is 53.8. The minimum absolute atomic E-state index is 0.117. The summed E-state index contributed by atoms with van der Waals surface area (Å²) < 4.78 is 0. The summed E-state index contributed by atoms with van der Waals surface area (Å²) in [5.74, 6) is 0.117. The number of nitrogens with one attached hydrogen (secondary N) is 2. The van der Waals surface area contributed by atoms with Crippen molar-refractivity contribution in [3.63, 3.8) is 0 Å². The highest BCUT2D eigenvalue weighted by Crippen LogP contribution is 2.45. The van der Waals surface area contributed by atoms with Gasteiger partial charge in [-0.05, 0) is 146 Å². The Morgan fingerprint density at radius 3 is 0.753 bits per heavy atom. The third-order valence-corrected chi connectivity index (χ3v) is 16.7. The summed E-state index contributed by atoms with van der Waals surface area (Å²) >= 11 is 0. The van der Waals surface area contributed by atoms with E-state index in [2.05, 4.69) is 285 Å². The van der Waals surface area contributed by atoms with Crippen LogP contribution in [0.3, 0.4) is 0 Å². The number of aromatic amines is 2. The van der Waals surface area contributed by atoms with Gasteiger partial charge in [-0.1, -0.05) is 239 Å². The van der Waals surface area contributed by atoms with Gasteiger partial charge in [0.1, 0.15) is 11.5 Å². The number of hydrogen-bond donors (Lipinski definition) is 3. The quantitative estimate of drug-likeness (QED) is 0.164. The molecule has 7 aromatic rings. The van der Waals surface area contributed by atoms with Crippen molar-refractivity contribution >= 4 is 46.1 Å². The predicted octanol–water partition coefficient (Wildman–Crippen LogP) is 21.6. The van der Waals surface area contributed by atoms with Crippen LogP contribution < -0.4 is 0 Å². The van der Waals surface area contributed by atoms with Crippen molar-refractivity contribution in [1.29, 1.82) is 0 Å². The molecule has 2 aliphatic rings. The smallest absolute Gasteiger partial charge is 0.144 e. The van der Waals surface area contributed by atoms with E-state index in [0.29, 0.717) is 11.4 Å². The van der Waals surface area contributed by atoms with Crippen molar-refractivity contribution in [3.05, 3.63) is 164 Å². The van der Waals surface area contributed by atoms with Crippen LogP contribution in [-0.2, 0) is 43.3 Å². The number of hydrogen-bond acceptors (Lipinski definition) is 3. The van der Waals surface area contributed by atoms with Crippen LogP contribution >= 0.6 is 0 Å². The maximum absolute atomic E-state index is 12.9. The fourth-order valence-corrected chi connectivity index (χ4v) is 11.0. The lowest BCUT2D eigenvalue weighted by Gasteiger charge is -2.26. The molecule has 0 unspecified atom stereocenters. The fourth-order valence-electron chi connectivity index (χ4n) is 11.0. The molecule has 9 rings (SSSR count). The van der Waals surface area contributed by atoms with Crippen molar-refractivity contribution < 1.29 is 5.11 Å². The third-order valence-electron chi connectivity index (χ3n) is 16.7. The normalized spacial score (nSPS) is 14.0. The average Bonchev–Trinajstić information content (AvgIpc) is 4.22. The van der Waals surface area contributed by atoms with E-state index in [4.69, 9.17) is 9.97 Å². The summed E-state index contributed by atoms with van der Waals surface area (Å²) in [4.78, 5) is 19.7. The van der Waals surface area contributed by atoms with Gasteiger partial charge in [0, 0.05) is 50.4 Å². The Kier molecular flexibility index (Phi) is 14.4. The van der Waals surface area contributed by atoms with Gasteiger partial charge >= 0.3 is 0 Å². The molecule has 0 aliphatic carbocycles. The summed E-state index contributed by atoms with van der Waals surface area (Å²) in [7, 11) is 0. The first-order valence-corrected chi connectivity index (χ1v) is 29.6. The van der Waals surface area contributed by atoms with Gasteiger partial charge in [-0.2, -0.15) is 0 Å². The Bertz CT molecular complexity index is 3750. The highest BCUT2D eigenvalue weighted by atomic mass is 16.3. The second-order valence-corrected chi connectivity index (χ2v) is 31.9. The summed E-state index contributed by atoms with van der Waals surface area (Å²) in [5.41, 5.74) is 23.3. The number of benzene rings is 4. The first-order valence-electron chi connectivity index (χ1n) is 29.6. The number of rotatable bonds is 4. The highest BCUT2D eigenvalue weighted by Gasteiger charge is 2.30. The van der Waals surface area contributed by atoms with Crippen LogP contribution in [0.15, 0.2) is 97.1 Å². The molecule has 5 heterocycles. The SMILES string of the molecule is CC(C)(C)c1cc(-c2c3nc(c(-c4cc(C(C)(C)C)cc(C(C)(C)C)c4)c4ccc([nH]4)c(-c4cc(C(C)(C)C)cc(C(C)(C)C)c4)c4nc(c(-c5cc(C(C)(C)C)cc(C(C)(C)C)c5)c5ccc2[nH]5)C=C4O)C=C3)cc(C(C)(C)C)c1. The minimum atomic E-state index is -0.166. The molecule has 5 nitrogen and oxygen atoms in total. The zero-order valence-corrected chi connectivity index (χ0v) is 53.8. The number of fused-ring (bicyclic) bond motifs is 8. The van der Waals surface area contributed by atoms with Gasteiger partial charge in [0.25, 0.3) is 0 Å². The van der Waals surface area contributed by atoms with Gasteiger partial charge in [-0.15, -0.1) is 0 Å². The molecule has 0 saturated heterocycles. The van der Waals surface area contributed by atoms with Crippen LogP contribution in [0.1, 0.15) is 233 Å². The molecule has 81 heavy (non-hydrogen) atoms. The molecule has 8 bridgehead atoms. The van der Waals surface area contributed by atoms with Crippen LogP contribution in [0, 0.1) is 0 Å². The summed E-state index contributed by atoms with van der Waals surface area (Å²) in [5, 5.41) is 12.9. The number of H-pyrrole nitrogens is 2. The van der Waals surface area contributed by atoms with Gasteiger partial charge in [0.2, 0.25) is 0 Å². The Morgan fingerprint density at radius 1 is 0.284 bits per heavy atom. The van der Waals surface area contributed by atoms with E-state index in [0.717, 1.165) is 78.0 Å². The Hall–Kier alpha value is -6.72. The first-order chi connectivity index (χ1) is 37.1. The predicted molar refractivity (Wildman–Crippen MR) is 352 cm³/mol. The molecule has 0 spiro atoms. The van der Waals surface area contributed by atoms with Crippen LogP contribution in [0.5, 0.6) is 0 Å². The zero-order chi connectivity index (χ0) is 59.7. The third kappa shape index (κ3) is 12.0. The number of aliphatic hydroxyl groups excluding tert-OH is 1. The molecule has 0 fully saturated rings. The van der Waals surface area contributed by atoms with Crippen molar-refractivity contribution in [2.75, 3.05) is 0 Å².